The zero-order valence-corrected chi connectivity index (χ0v) is 12.7. The van der Waals surface area contributed by atoms with E-state index in [1.807, 2.05) is 6.92 Å². The standard InChI is InChI=1S/C13H20N2O4S/c1-4-7-15(2)13(16)9-10-8-11(20(14,17)18)5-6-12(10)19-3/h5-6,8H,4,7,9H2,1-3H3,(H2,14,17,18). The molecule has 0 aliphatic heterocycles. The van der Waals surface area contributed by atoms with Crippen molar-refractivity contribution in [2.24, 2.45) is 5.14 Å². The molecule has 0 radical (unpaired) electrons. The fourth-order valence-electron chi connectivity index (χ4n) is 1.83. The molecule has 1 aromatic carbocycles. The number of sulfonamides is 1. The lowest BCUT2D eigenvalue weighted by Crippen LogP contribution is -2.29. The number of benzene rings is 1. The Morgan fingerprint density at radius 3 is 2.55 bits per heavy atom. The van der Waals surface area contributed by atoms with Gasteiger partial charge in [0.1, 0.15) is 5.75 Å². The van der Waals surface area contributed by atoms with Gasteiger partial charge in [-0.3, -0.25) is 4.79 Å². The number of hydrogen-bond donors (Lipinski definition) is 1. The molecule has 20 heavy (non-hydrogen) atoms. The third kappa shape index (κ3) is 4.21. The molecule has 0 fully saturated rings. The molecule has 1 amide bonds. The maximum absolute atomic E-state index is 12.0. The maximum atomic E-state index is 12.0. The van der Waals surface area contributed by atoms with Crippen LogP contribution in [-0.4, -0.2) is 39.9 Å². The van der Waals surface area contributed by atoms with Gasteiger partial charge >= 0.3 is 0 Å². The van der Waals surface area contributed by atoms with E-state index in [2.05, 4.69) is 0 Å². The van der Waals surface area contributed by atoms with E-state index in [0.717, 1.165) is 6.42 Å². The minimum Gasteiger partial charge on any atom is -0.496 e. The number of methoxy groups -OCH3 is 1. The monoisotopic (exact) mass is 300 g/mol. The number of rotatable bonds is 6. The van der Waals surface area contributed by atoms with E-state index in [4.69, 9.17) is 9.88 Å². The molecule has 0 heterocycles. The van der Waals surface area contributed by atoms with Crippen molar-refractivity contribution in [3.05, 3.63) is 23.8 Å². The van der Waals surface area contributed by atoms with Crippen LogP contribution in [0.15, 0.2) is 23.1 Å². The van der Waals surface area contributed by atoms with Crippen LogP contribution in [0, 0.1) is 0 Å². The van der Waals surface area contributed by atoms with Crippen molar-refractivity contribution in [3.8, 4) is 5.75 Å². The van der Waals surface area contributed by atoms with Crippen LogP contribution < -0.4 is 9.88 Å². The fourth-order valence-corrected chi connectivity index (χ4v) is 2.39. The number of nitrogens with zero attached hydrogens (tertiary/aromatic N) is 1. The Labute approximate surface area is 119 Å². The molecule has 0 aromatic heterocycles. The molecular formula is C13H20N2O4S. The van der Waals surface area contributed by atoms with Crippen molar-refractivity contribution in [3.63, 3.8) is 0 Å². The lowest BCUT2D eigenvalue weighted by Gasteiger charge is -2.17. The minimum absolute atomic E-state index is 0.0285. The van der Waals surface area contributed by atoms with Gasteiger partial charge in [-0.15, -0.1) is 0 Å². The molecule has 0 spiro atoms. The molecule has 0 aliphatic rings. The second-order valence-corrected chi connectivity index (χ2v) is 6.07. The Kier molecular flexibility index (Phi) is 5.52. The second-order valence-electron chi connectivity index (χ2n) is 4.51. The maximum Gasteiger partial charge on any atom is 0.238 e. The summed E-state index contributed by atoms with van der Waals surface area (Å²) in [4.78, 5) is 13.6. The summed E-state index contributed by atoms with van der Waals surface area (Å²) >= 11 is 0. The van der Waals surface area contributed by atoms with E-state index in [1.165, 1.54) is 25.3 Å². The molecule has 2 N–H and O–H groups in total. The van der Waals surface area contributed by atoms with Gasteiger partial charge < -0.3 is 9.64 Å². The topological polar surface area (TPSA) is 89.7 Å². The first kappa shape index (κ1) is 16.5. The Hall–Kier alpha value is -1.60. The zero-order chi connectivity index (χ0) is 15.3. The lowest BCUT2D eigenvalue weighted by molar-refractivity contribution is -0.129. The molecular weight excluding hydrogens is 280 g/mol. The van der Waals surface area contributed by atoms with E-state index in [0.29, 0.717) is 17.9 Å². The molecule has 1 rings (SSSR count). The van der Waals surface area contributed by atoms with Crippen molar-refractivity contribution >= 4 is 15.9 Å². The smallest absolute Gasteiger partial charge is 0.238 e. The highest BCUT2D eigenvalue weighted by atomic mass is 32.2. The lowest BCUT2D eigenvalue weighted by atomic mass is 10.1. The number of ether oxygens (including phenoxy) is 1. The van der Waals surface area contributed by atoms with Gasteiger partial charge in [-0.25, -0.2) is 13.6 Å². The first-order chi connectivity index (χ1) is 9.29. The summed E-state index contributed by atoms with van der Waals surface area (Å²) in [5, 5.41) is 5.09. The number of carbonyl (C=O) groups excluding carboxylic acids is 1. The molecule has 0 unspecified atom stereocenters. The summed E-state index contributed by atoms with van der Waals surface area (Å²) in [6.07, 6.45) is 0.930. The SMILES string of the molecule is CCCN(C)C(=O)Cc1cc(S(N)(=O)=O)ccc1OC. The summed E-state index contributed by atoms with van der Waals surface area (Å²) in [6, 6.07) is 4.24. The Balaban J connectivity index is 3.06. The number of primary sulfonamides is 1. The molecule has 0 saturated heterocycles. The van der Waals surface area contributed by atoms with Crippen molar-refractivity contribution in [2.75, 3.05) is 20.7 Å². The van der Waals surface area contributed by atoms with E-state index < -0.39 is 10.0 Å². The molecule has 112 valence electrons. The van der Waals surface area contributed by atoms with Gasteiger partial charge in [0.2, 0.25) is 15.9 Å². The number of amides is 1. The summed E-state index contributed by atoms with van der Waals surface area (Å²) in [6.45, 7) is 2.63. The highest BCUT2D eigenvalue weighted by Gasteiger charge is 2.16. The van der Waals surface area contributed by atoms with Gasteiger partial charge in [-0.05, 0) is 24.6 Å². The number of hydrogen-bond acceptors (Lipinski definition) is 4. The third-order valence-electron chi connectivity index (χ3n) is 2.91. The summed E-state index contributed by atoms with van der Waals surface area (Å²) in [5.74, 6) is 0.368. The van der Waals surface area contributed by atoms with Crippen LogP contribution >= 0.6 is 0 Å². The van der Waals surface area contributed by atoms with Crippen molar-refractivity contribution in [2.45, 2.75) is 24.7 Å². The summed E-state index contributed by atoms with van der Waals surface area (Å²) < 4.78 is 27.8. The normalized spacial score (nSPS) is 11.2. The molecule has 0 saturated carbocycles. The van der Waals surface area contributed by atoms with E-state index in [1.54, 1.807) is 11.9 Å². The number of likely N-dealkylation sites (N-methyl/N-ethyl adjacent to an activating group) is 1. The zero-order valence-electron chi connectivity index (χ0n) is 11.9. The molecule has 0 aliphatic carbocycles. The van der Waals surface area contributed by atoms with Crippen LogP contribution in [0.1, 0.15) is 18.9 Å². The van der Waals surface area contributed by atoms with Crippen LogP contribution in [0.25, 0.3) is 0 Å². The van der Waals surface area contributed by atoms with Gasteiger partial charge in [0, 0.05) is 19.2 Å². The van der Waals surface area contributed by atoms with Crippen molar-refractivity contribution in [1.82, 2.24) is 4.90 Å². The first-order valence-electron chi connectivity index (χ1n) is 6.23. The van der Waals surface area contributed by atoms with Crippen LogP contribution in [0.4, 0.5) is 0 Å². The van der Waals surface area contributed by atoms with Gasteiger partial charge in [-0.2, -0.15) is 0 Å². The van der Waals surface area contributed by atoms with Gasteiger partial charge in [0.25, 0.3) is 0 Å². The average molecular weight is 300 g/mol. The van der Waals surface area contributed by atoms with Gasteiger partial charge in [-0.1, -0.05) is 6.92 Å². The predicted molar refractivity (Wildman–Crippen MR) is 76.0 cm³/mol. The number of carbonyl (C=O) groups is 1. The van der Waals surface area contributed by atoms with Crippen LogP contribution in [0.2, 0.25) is 0 Å². The Morgan fingerprint density at radius 1 is 1.40 bits per heavy atom. The highest BCUT2D eigenvalue weighted by Crippen LogP contribution is 2.22. The van der Waals surface area contributed by atoms with E-state index in [9.17, 15) is 13.2 Å². The third-order valence-corrected chi connectivity index (χ3v) is 3.82. The van der Waals surface area contributed by atoms with Crippen LogP contribution in [0.5, 0.6) is 5.75 Å². The largest absolute Gasteiger partial charge is 0.496 e. The van der Waals surface area contributed by atoms with Crippen LogP contribution in [-0.2, 0) is 21.2 Å². The van der Waals surface area contributed by atoms with Gasteiger partial charge in [0.05, 0.1) is 18.4 Å². The molecule has 1 aromatic rings. The fraction of sp³-hybridized carbons (Fsp3) is 0.462. The summed E-state index contributed by atoms with van der Waals surface area (Å²) in [7, 11) is -0.619. The average Bonchev–Trinajstić information content (AvgIpc) is 2.37. The predicted octanol–water partition coefficient (Wildman–Crippen LogP) is 0.753. The Bertz CT molecular complexity index is 584. The van der Waals surface area contributed by atoms with E-state index >= 15 is 0 Å². The van der Waals surface area contributed by atoms with Crippen molar-refractivity contribution in [1.29, 1.82) is 0 Å². The van der Waals surface area contributed by atoms with Crippen molar-refractivity contribution < 1.29 is 17.9 Å². The molecule has 0 atom stereocenters. The minimum atomic E-state index is -3.80. The molecule has 6 nitrogen and oxygen atoms in total. The molecule has 0 bridgehead atoms. The highest BCUT2D eigenvalue weighted by molar-refractivity contribution is 7.89. The number of nitrogens with two attached hydrogens (primary N) is 1. The first-order valence-corrected chi connectivity index (χ1v) is 7.78. The second kappa shape index (κ2) is 6.71. The Morgan fingerprint density at radius 2 is 2.05 bits per heavy atom. The summed E-state index contributed by atoms with van der Waals surface area (Å²) in [5.41, 5.74) is 0.506. The van der Waals surface area contributed by atoms with Crippen LogP contribution in [0.3, 0.4) is 0 Å². The quantitative estimate of drug-likeness (QED) is 0.839. The molecule has 7 heteroatoms. The van der Waals surface area contributed by atoms with E-state index in [-0.39, 0.29) is 17.2 Å². The van der Waals surface area contributed by atoms with Gasteiger partial charge in [0.15, 0.2) is 0 Å².